The maximum Gasteiger partial charge on any atom is 0.309 e. The molecule has 0 aliphatic heterocycles. The third kappa shape index (κ3) is 4.94. The number of benzene rings is 1. The van der Waals surface area contributed by atoms with Gasteiger partial charge in [-0.05, 0) is 50.3 Å². The predicted octanol–water partition coefficient (Wildman–Crippen LogP) is 2.99. The average Bonchev–Trinajstić information content (AvgIpc) is 2.75. The number of amides is 1. The lowest BCUT2D eigenvalue weighted by Gasteiger charge is -2.36. The highest BCUT2D eigenvalue weighted by molar-refractivity contribution is 5.88. The number of esters is 1. The molecule has 0 heterocycles. The number of carbonyl (C=O) groups is 3. The normalized spacial score (nSPS) is 22.9. The smallest absolute Gasteiger partial charge is 0.309 e. The van der Waals surface area contributed by atoms with Crippen LogP contribution >= 0.6 is 0 Å². The molecule has 7 nitrogen and oxygen atoms in total. The third-order valence-electron chi connectivity index (χ3n) is 6.28. The first kappa shape index (κ1) is 22.1. The minimum Gasteiger partial charge on any atom is -0.493 e. The van der Waals surface area contributed by atoms with Gasteiger partial charge in [0.25, 0.3) is 5.91 Å². The number of carbonyl (C=O) groups excluding carboxylic acids is 3. The molecule has 164 valence electrons. The standard InChI is InChI=1S/C23H31NO6/c1-4-24(13-15-8-9-19(28-2)20(10-15)29-3)21(25)14-30-23(27)18-11-16-6-5-7-17(12-18)22(16)26/h8-10,16-18H,4-7,11-14H2,1-3H3/t16-,17-/m1/s1. The molecule has 1 aromatic carbocycles. The Balaban J connectivity index is 1.54. The van der Waals surface area contributed by atoms with Gasteiger partial charge in [0.15, 0.2) is 18.1 Å². The summed E-state index contributed by atoms with van der Waals surface area (Å²) >= 11 is 0. The fourth-order valence-electron chi connectivity index (χ4n) is 4.59. The molecule has 2 aliphatic rings. The fourth-order valence-corrected chi connectivity index (χ4v) is 4.59. The fraction of sp³-hybridized carbons (Fsp3) is 0.609. The Labute approximate surface area is 177 Å². The summed E-state index contributed by atoms with van der Waals surface area (Å²) in [5.41, 5.74) is 0.896. The summed E-state index contributed by atoms with van der Waals surface area (Å²) < 4.78 is 15.9. The lowest BCUT2D eigenvalue weighted by atomic mass is 9.67. The first-order valence-electron chi connectivity index (χ1n) is 10.7. The molecule has 0 spiro atoms. The van der Waals surface area contributed by atoms with Crippen molar-refractivity contribution in [1.29, 1.82) is 0 Å². The summed E-state index contributed by atoms with van der Waals surface area (Å²) in [6.45, 7) is 2.48. The second-order valence-corrected chi connectivity index (χ2v) is 8.10. The van der Waals surface area contributed by atoms with E-state index in [0.717, 1.165) is 24.8 Å². The number of ether oxygens (including phenoxy) is 3. The zero-order valence-electron chi connectivity index (χ0n) is 18.0. The van der Waals surface area contributed by atoms with E-state index in [9.17, 15) is 14.4 Å². The first-order valence-corrected chi connectivity index (χ1v) is 10.7. The molecule has 30 heavy (non-hydrogen) atoms. The predicted molar refractivity (Wildman–Crippen MR) is 110 cm³/mol. The van der Waals surface area contributed by atoms with E-state index in [1.807, 2.05) is 19.1 Å². The van der Waals surface area contributed by atoms with E-state index in [1.54, 1.807) is 25.2 Å². The summed E-state index contributed by atoms with van der Waals surface area (Å²) in [5.74, 6) is 0.649. The highest BCUT2D eigenvalue weighted by Gasteiger charge is 2.41. The van der Waals surface area contributed by atoms with Gasteiger partial charge in [-0.25, -0.2) is 0 Å². The highest BCUT2D eigenvalue weighted by atomic mass is 16.5. The minimum absolute atomic E-state index is 0.0112. The number of methoxy groups -OCH3 is 2. The van der Waals surface area contributed by atoms with Crippen molar-refractivity contribution in [1.82, 2.24) is 4.90 Å². The van der Waals surface area contributed by atoms with Gasteiger partial charge in [0.05, 0.1) is 20.1 Å². The van der Waals surface area contributed by atoms with Crippen LogP contribution in [-0.4, -0.2) is 49.9 Å². The zero-order chi connectivity index (χ0) is 21.7. The van der Waals surface area contributed by atoms with Crippen LogP contribution in [0, 0.1) is 17.8 Å². The summed E-state index contributed by atoms with van der Waals surface area (Å²) in [7, 11) is 3.14. The van der Waals surface area contributed by atoms with Crippen LogP contribution in [0.4, 0.5) is 0 Å². The molecule has 2 saturated carbocycles. The van der Waals surface area contributed by atoms with Gasteiger partial charge in [-0.1, -0.05) is 12.5 Å². The van der Waals surface area contributed by atoms with E-state index < -0.39 is 0 Å². The second-order valence-electron chi connectivity index (χ2n) is 8.10. The summed E-state index contributed by atoms with van der Waals surface area (Å²) in [4.78, 5) is 39.0. The van der Waals surface area contributed by atoms with Crippen LogP contribution in [0.5, 0.6) is 11.5 Å². The molecule has 1 amide bonds. The van der Waals surface area contributed by atoms with Crippen LogP contribution in [0.1, 0.15) is 44.6 Å². The molecule has 0 N–H and O–H groups in total. The van der Waals surface area contributed by atoms with Crippen molar-refractivity contribution in [2.45, 2.75) is 45.6 Å². The lowest BCUT2D eigenvalue weighted by Crippen LogP contribution is -2.40. The number of ketones is 1. The molecule has 7 heteroatoms. The molecule has 1 aromatic rings. The maximum absolute atomic E-state index is 12.6. The average molecular weight is 418 g/mol. The summed E-state index contributed by atoms with van der Waals surface area (Å²) in [6, 6.07) is 5.51. The van der Waals surface area contributed by atoms with E-state index in [4.69, 9.17) is 14.2 Å². The van der Waals surface area contributed by atoms with E-state index in [0.29, 0.717) is 43.2 Å². The monoisotopic (exact) mass is 417 g/mol. The van der Waals surface area contributed by atoms with Crippen molar-refractivity contribution in [2.24, 2.45) is 17.8 Å². The Bertz CT molecular complexity index is 776. The van der Waals surface area contributed by atoms with Gasteiger partial charge in [0, 0.05) is 24.9 Å². The Morgan fingerprint density at radius 2 is 1.73 bits per heavy atom. The molecule has 3 rings (SSSR count). The van der Waals surface area contributed by atoms with Crippen LogP contribution in [0.3, 0.4) is 0 Å². The summed E-state index contributed by atoms with van der Waals surface area (Å²) in [5, 5.41) is 0. The molecular weight excluding hydrogens is 386 g/mol. The number of nitrogens with zero attached hydrogens (tertiary/aromatic N) is 1. The van der Waals surface area contributed by atoms with Crippen molar-refractivity contribution < 1.29 is 28.6 Å². The highest BCUT2D eigenvalue weighted by Crippen LogP contribution is 2.40. The van der Waals surface area contributed by atoms with Crippen molar-refractivity contribution in [3.05, 3.63) is 23.8 Å². The van der Waals surface area contributed by atoms with Gasteiger partial charge in [-0.3, -0.25) is 14.4 Å². The third-order valence-corrected chi connectivity index (χ3v) is 6.28. The molecule has 2 aliphatic carbocycles. The zero-order valence-corrected chi connectivity index (χ0v) is 18.0. The molecule has 2 bridgehead atoms. The molecular formula is C23H31NO6. The van der Waals surface area contributed by atoms with Crippen molar-refractivity contribution in [3.8, 4) is 11.5 Å². The summed E-state index contributed by atoms with van der Waals surface area (Å²) in [6.07, 6.45) is 3.92. The van der Waals surface area contributed by atoms with Crippen molar-refractivity contribution in [3.63, 3.8) is 0 Å². The van der Waals surface area contributed by atoms with E-state index >= 15 is 0 Å². The number of likely N-dealkylation sites (N-methyl/N-ethyl adjacent to an activating group) is 1. The molecule has 0 unspecified atom stereocenters. The van der Waals surface area contributed by atoms with Gasteiger partial charge in [0.1, 0.15) is 5.78 Å². The first-order chi connectivity index (χ1) is 14.5. The number of rotatable bonds is 8. The number of Topliss-reactive ketones (excluding diaryl/α,β-unsaturated/α-hetero) is 1. The molecule has 0 saturated heterocycles. The number of fused-ring (bicyclic) bond motifs is 2. The molecule has 0 aromatic heterocycles. The van der Waals surface area contributed by atoms with E-state index in [2.05, 4.69) is 0 Å². The Morgan fingerprint density at radius 3 is 2.33 bits per heavy atom. The molecule has 0 radical (unpaired) electrons. The minimum atomic E-state index is -0.352. The lowest BCUT2D eigenvalue weighted by molar-refractivity contribution is -0.159. The second kappa shape index (κ2) is 9.96. The maximum atomic E-state index is 12.6. The van der Waals surface area contributed by atoms with Crippen molar-refractivity contribution >= 4 is 17.7 Å². The quantitative estimate of drug-likeness (QED) is 0.605. The van der Waals surface area contributed by atoms with Gasteiger partial charge >= 0.3 is 5.97 Å². The van der Waals surface area contributed by atoms with Crippen LogP contribution in [0.15, 0.2) is 18.2 Å². The number of hydrogen-bond donors (Lipinski definition) is 0. The van der Waals surface area contributed by atoms with Gasteiger partial charge in [-0.15, -0.1) is 0 Å². The largest absolute Gasteiger partial charge is 0.493 e. The van der Waals surface area contributed by atoms with Gasteiger partial charge < -0.3 is 19.1 Å². The van der Waals surface area contributed by atoms with Crippen molar-refractivity contribution in [2.75, 3.05) is 27.4 Å². The van der Waals surface area contributed by atoms with Gasteiger partial charge in [0.2, 0.25) is 0 Å². The van der Waals surface area contributed by atoms with Gasteiger partial charge in [-0.2, -0.15) is 0 Å². The molecule has 2 atom stereocenters. The molecule has 2 fully saturated rings. The van der Waals surface area contributed by atoms with E-state index in [-0.39, 0.29) is 36.2 Å². The Kier molecular flexibility index (Phi) is 7.34. The van der Waals surface area contributed by atoms with Crippen LogP contribution in [0.25, 0.3) is 0 Å². The van der Waals surface area contributed by atoms with E-state index in [1.165, 1.54) is 0 Å². The Morgan fingerprint density at radius 1 is 1.07 bits per heavy atom. The van der Waals surface area contributed by atoms with Crippen LogP contribution < -0.4 is 9.47 Å². The number of hydrogen-bond acceptors (Lipinski definition) is 6. The SMILES string of the molecule is CCN(Cc1ccc(OC)c(OC)c1)C(=O)COC(=O)C1C[C@H]2CCC[C@H](C1)C2=O. The van der Waals surface area contributed by atoms with Crippen LogP contribution in [-0.2, 0) is 25.7 Å². The van der Waals surface area contributed by atoms with Crippen LogP contribution in [0.2, 0.25) is 0 Å². The Hall–Kier alpha value is -2.57. The topological polar surface area (TPSA) is 82.1 Å².